The Balaban J connectivity index is 1.63. The molecule has 1 spiro atoms. The van der Waals surface area contributed by atoms with Crippen LogP contribution in [-0.4, -0.2) is 59.2 Å². The van der Waals surface area contributed by atoms with E-state index in [1.165, 1.54) is 0 Å². The molecule has 0 bridgehead atoms. The van der Waals surface area contributed by atoms with Crippen molar-refractivity contribution >= 4 is 19.2 Å². The Morgan fingerprint density at radius 3 is 2.60 bits per heavy atom. The van der Waals surface area contributed by atoms with E-state index in [9.17, 15) is 24.4 Å². The van der Waals surface area contributed by atoms with E-state index in [0.29, 0.717) is 12.8 Å². The van der Waals surface area contributed by atoms with Crippen LogP contribution in [0, 0.1) is 34.5 Å². The fraction of sp³-hybridized carbons (Fsp3) is 0.769. The van der Waals surface area contributed by atoms with Crippen LogP contribution < -0.4 is 0 Å². The van der Waals surface area contributed by atoms with Crippen LogP contribution in [0.25, 0.3) is 0 Å². The van der Waals surface area contributed by atoms with Crippen molar-refractivity contribution in [1.29, 1.82) is 0 Å². The number of aliphatic hydroxyl groups is 2. The third-order valence-corrected chi connectivity index (χ3v) is 12.2. The van der Waals surface area contributed by atoms with Gasteiger partial charge in [-0.1, -0.05) is 25.5 Å². The lowest BCUT2D eigenvalue weighted by Gasteiger charge is -2.68. The summed E-state index contributed by atoms with van der Waals surface area (Å²) in [7, 11) is -3.77. The zero-order valence-corrected chi connectivity index (χ0v) is 21.8. The standard InChI is InChI=1S/C26H37O8P/c1-5-32-35(31,33-6-2)23-25-13-20(29)22-17(18(25)8-10-26(25,34-23)21(30)14-27)11-15(3)19-12-16(28)7-9-24(19,22)4/h7,9,12,15,17-18,20,22-23,27,29H,5-6,8,10-11,13-14H2,1-4H3/t15-,17-,18-,20-,22+,23?,24-,25-,26-/m0/s1. The first-order valence-corrected chi connectivity index (χ1v) is 14.5. The number of hydrogen-bond donors (Lipinski definition) is 2. The van der Waals surface area contributed by atoms with Crippen LogP contribution in [0.3, 0.4) is 0 Å². The summed E-state index contributed by atoms with van der Waals surface area (Å²) in [6.07, 6.45) is 6.47. The molecule has 1 aliphatic heterocycles. The van der Waals surface area contributed by atoms with Gasteiger partial charge in [0.2, 0.25) is 0 Å². The number of ether oxygens (including phenoxy) is 1. The number of carbonyl (C=O) groups is 2. The van der Waals surface area contributed by atoms with Gasteiger partial charge in [-0.2, -0.15) is 0 Å². The number of allylic oxidation sites excluding steroid dienone is 4. The third kappa shape index (κ3) is 3.14. The summed E-state index contributed by atoms with van der Waals surface area (Å²) in [6.45, 7) is 7.33. The van der Waals surface area contributed by atoms with Crippen LogP contribution in [0.2, 0.25) is 0 Å². The summed E-state index contributed by atoms with van der Waals surface area (Å²) in [4.78, 5) is 25.4. The minimum Gasteiger partial charge on any atom is -0.393 e. The third-order valence-electron chi connectivity index (χ3n) is 9.78. The number of aliphatic hydroxyl groups excluding tert-OH is 2. The second-order valence-corrected chi connectivity index (χ2v) is 13.2. The van der Waals surface area contributed by atoms with Crippen molar-refractivity contribution in [3.05, 3.63) is 23.8 Å². The van der Waals surface area contributed by atoms with Crippen molar-refractivity contribution in [1.82, 2.24) is 0 Å². The largest absolute Gasteiger partial charge is 0.393 e. The molecule has 3 saturated carbocycles. The van der Waals surface area contributed by atoms with Crippen molar-refractivity contribution in [3.63, 3.8) is 0 Å². The Morgan fingerprint density at radius 2 is 1.97 bits per heavy atom. The minimum absolute atomic E-state index is 0.0187. The van der Waals surface area contributed by atoms with Gasteiger partial charge in [-0.25, -0.2) is 0 Å². The first kappa shape index (κ1) is 25.5. The Morgan fingerprint density at radius 1 is 1.29 bits per heavy atom. The molecule has 1 unspecified atom stereocenters. The Labute approximate surface area is 206 Å². The van der Waals surface area contributed by atoms with Crippen LogP contribution in [0.5, 0.6) is 0 Å². The summed E-state index contributed by atoms with van der Waals surface area (Å²) in [5.41, 5.74) is -1.68. The van der Waals surface area contributed by atoms with E-state index < -0.39 is 48.4 Å². The Kier molecular flexibility index (Phi) is 6.15. The zero-order valence-electron chi connectivity index (χ0n) is 20.9. The molecular formula is C26H37O8P. The minimum atomic E-state index is -3.77. The molecule has 0 aromatic rings. The quantitative estimate of drug-likeness (QED) is 0.502. The lowest BCUT2D eigenvalue weighted by molar-refractivity contribution is -0.310. The van der Waals surface area contributed by atoms with Gasteiger partial charge in [-0.05, 0) is 69.4 Å². The number of Topliss-reactive ketones (excluding diaryl/α,β-unsaturated/α-hetero) is 1. The van der Waals surface area contributed by atoms with Gasteiger partial charge in [0, 0.05) is 11.3 Å². The van der Waals surface area contributed by atoms with Gasteiger partial charge >= 0.3 is 7.60 Å². The molecule has 0 aromatic heterocycles. The smallest absolute Gasteiger partial charge is 0.359 e. The molecule has 1 heterocycles. The van der Waals surface area contributed by atoms with Gasteiger partial charge in [0.15, 0.2) is 17.4 Å². The van der Waals surface area contributed by atoms with E-state index >= 15 is 0 Å². The molecule has 0 amide bonds. The summed E-state index contributed by atoms with van der Waals surface area (Å²) < 4.78 is 31.6. The highest BCUT2D eigenvalue weighted by atomic mass is 31.2. The molecule has 5 aliphatic rings. The van der Waals surface area contributed by atoms with Crippen molar-refractivity contribution < 1.29 is 38.2 Å². The predicted octanol–water partition coefficient (Wildman–Crippen LogP) is 3.41. The van der Waals surface area contributed by atoms with Gasteiger partial charge in [-0.3, -0.25) is 14.2 Å². The lowest BCUT2D eigenvalue weighted by Crippen LogP contribution is -2.76. The van der Waals surface area contributed by atoms with Crippen LogP contribution >= 0.6 is 7.60 Å². The second kappa shape index (κ2) is 8.44. The molecule has 2 N–H and O–H groups in total. The number of ketones is 2. The number of carbonyl (C=O) groups excluding carboxylic acids is 2. The Hall–Kier alpha value is -1.15. The first-order chi connectivity index (χ1) is 16.5. The molecule has 35 heavy (non-hydrogen) atoms. The van der Waals surface area contributed by atoms with Crippen molar-refractivity contribution in [3.8, 4) is 0 Å². The molecule has 5 rings (SSSR count). The summed E-state index contributed by atoms with van der Waals surface area (Å²) in [6, 6.07) is 0. The number of rotatable bonds is 7. The topological polar surface area (TPSA) is 119 Å². The number of hydrogen-bond acceptors (Lipinski definition) is 8. The average Bonchev–Trinajstić information content (AvgIpc) is 3.03. The van der Waals surface area contributed by atoms with Gasteiger partial charge < -0.3 is 24.0 Å². The van der Waals surface area contributed by atoms with Crippen molar-refractivity contribution in [2.24, 2.45) is 34.5 Å². The molecule has 0 aromatic carbocycles. The molecule has 194 valence electrons. The maximum absolute atomic E-state index is 14.0. The maximum Gasteiger partial charge on any atom is 0.359 e. The molecule has 4 fully saturated rings. The highest BCUT2D eigenvalue weighted by Crippen LogP contribution is 2.80. The van der Waals surface area contributed by atoms with E-state index in [1.54, 1.807) is 26.0 Å². The van der Waals surface area contributed by atoms with Crippen molar-refractivity contribution in [2.45, 2.75) is 70.9 Å². The van der Waals surface area contributed by atoms with Gasteiger partial charge in [0.25, 0.3) is 0 Å². The maximum atomic E-state index is 14.0. The fourth-order valence-electron chi connectivity index (χ4n) is 8.81. The van der Waals surface area contributed by atoms with E-state index in [2.05, 4.69) is 13.8 Å². The summed E-state index contributed by atoms with van der Waals surface area (Å²) >= 11 is 0. The molecule has 0 radical (unpaired) electrons. The SMILES string of the molecule is CCOP(=O)(OCC)C1O[C@]2(C(=O)CO)CC[C@H]3[C@@H]4C[C@H](C)C5=CC(=O)C=C[C@]5(C)[C@H]4[C@@H](O)C[C@@]132. The zero-order chi connectivity index (χ0) is 25.4. The molecular weight excluding hydrogens is 471 g/mol. The fourth-order valence-corrected chi connectivity index (χ4v) is 11.3. The monoisotopic (exact) mass is 508 g/mol. The first-order valence-electron chi connectivity index (χ1n) is 12.9. The normalized spacial score (nSPS) is 46.1. The Bertz CT molecular complexity index is 1030. The van der Waals surface area contributed by atoms with Gasteiger partial charge in [0.05, 0.1) is 24.7 Å². The van der Waals surface area contributed by atoms with E-state index in [1.807, 2.05) is 6.08 Å². The van der Waals surface area contributed by atoms with Crippen LogP contribution in [0.15, 0.2) is 23.8 Å². The summed E-state index contributed by atoms with van der Waals surface area (Å²) in [5.74, 6) is -1.51. The van der Waals surface area contributed by atoms with Gasteiger partial charge in [0.1, 0.15) is 12.2 Å². The van der Waals surface area contributed by atoms with E-state index in [4.69, 9.17) is 13.8 Å². The second-order valence-electron chi connectivity index (χ2n) is 11.2. The van der Waals surface area contributed by atoms with E-state index in [-0.39, 0.29) is 49.1 Å². The van der Waals surface area contributed by atoms with Crippen LogP contribution in [0.1, 0.15) is 53.4 Å². The van der Waals surface area contributed by atoms with Crippen LogP contribution in [0.4, 0.5) is 0 Å². The molecule has 1 saturated heterocycles. The molecule has 4 aliphatic carbocycles. The molecule has 9 heteroatoms. The summed E-state index contributed by atoms with van der Waals surface area (Å²) in [5, 5.41) is 21.7. The highest BCUT2D eigenvalue weighted by Gasteiger charge is 2.83. The number of fused-ring (bicyclic) bond motifs is 4. The van der Waals surface area contributed by atoms with Crippen LogP contribution in [-0.2, 0) is 27.9 Å². The molecule has 9 atom stereocenters. The average molecular weight is 509 g/mol. The highest BCUT2D eigenvalue weighted by molar-refractivity contribution is 7.54. The van der Waals surface area contributed by atoms with Gasteiger partial charge in [-0.15, -0.1) is 0 Å². The van der Waals surface area contributed by atoms with E-state index in [0.717, 1.165) is 12.0 Å². The molecule has 8 nitrogen and oxygen atoms in total. The lowest BCUT2D eigenvalue weighted by atomic mass is 9.43. The van der Waals surface area contributed by atoms with Crippen molar-refractivity contribution in [2.75, 3.05) is 19.8 Å². The predicted molar refractivity (Wildman–Crippen MR) is 127 cm³/mol.